The number of amides is 1. The zero-order chi connectivity index (χ0) is 22.7. The average Bonchev–Trinajstić information content (AvgIpc) is 3.21. The molecule has 3 aromatic heterocycles. The summed E-state index contributed by atoms with van der Waals surface area (Å²) in [6.07, 6.45) is 11.5. The number of halogens is 1. The summed E-state index contributed by atoms with van der Waals surface area (Å²) in [4.78, 5) is 21.8. The van der Waals surface area contributed by atoms with Gasteiger partial charge in [-0.2, -0.15) is 10.4 Å². The molecule has 1 aliphatic rings. The molecule has 4 rings (SSSR count). The minimum atomic E-state index is -1.46. The molecule has 8 nitrogen and oxygen atoms in total. The van der Waals surface area contributed by atoms with E-state index < -0.39 is 5.67 Å². The SMILES string of the molecule is CC(C)(F)CNc1cc(-c2cnn3cc(C#N)cnc23)ncc1C(=O)NC1CCCCC1. The molecule has 0 atom stereocenters. The molecule has 32 heavy (non-hydrogen) atoms. The minimum Gasteiger partial charge on any atom is -0.381 e. The standard InChI is InChI=1S/C23H26FN7O/c1-23(2,24)14-28-20-8-19(17-12-29-31-13-15(9-25)10-27-21(17)31)26-11-18(20)22(32)30-16-6-4-3-5-7-16/h8,10-13,16H,3-7,14H2,1-2H3,(H,26,28)(H,30,32). The van der Waals surface area contributed by atoms with Crippen LogP contribution in [0.15, 0.2) is 30.9 Å². The number of hydrogen-bond acceptors (Lipinski definition) is 6. The van der Waals surface area contributed by atoms with Crippen LogP contribution in [0.2, 0.25) is 0 Å². The van der Waals surface area contributed by atoms with E-state index in [0.29, 0.717) is 33.7 Å². The van der Waals surface area contributed by atoms with Crippen molar-refractivity contribution in [1.82, 2.24) is 24.9 Å². The molecule has 3 heterocycles. The lowest BCUT2D eigenvalue weighted by molar-refractivity contribution is 0.0928. The number of carbonyl (C=O) groups excluding carboxylic acids is 1. The third-order valence-corrected chi connectivity index (χ3v) is 5.55. The van der Waals surface area contributed by atoms with E-state index in [4.69, 9.17) is 5.26 Å². The van der Waals surface area contributed by atoms with Gasteiger partial charge in [0.2, 0.25) is 0 Å². The Morgan fingerprint density at radius 3 is 2.75 bits per heavy atom. The van der Waals surface area contributed by atoms with E-state index in [1.165, 1.54) is 37.2 Å². The summed E-state index contributed by atoms with van der Waals surface area (Å²) in [5.41, 5.74) is 1.54. The fourth-order valence-electron chi connectivity index (χ4n) is 3.86. The number of pyridine rings is 1. The second-order valence-corrected chi connectivity index (χ2v) is 8.78. The molecule has 1 fully saturated rings. The number of carbonyl (C=O) groups is 1. The Kier molecular flexibility index (Phi) is 6.04. The second-order valence-electron chi connectivity index (χ2n) is 8.78. The van der Waals surface area contributed by atoms with Gasteiger partial charge in [-0.25, -0.2) is 13.9 Å². The minimum absolute atomic E-state index is 0.0404. The van der Waals surface area contributed by atoms with Crippen LogP contribution in [0.3, 0.4) is 0 Å². The van der Waals surface area contributed by atoms with E-state index in [-0.39, 0.29) is 18.5 Å². The van der Waals surface area contributed by atoms with Crippen LogP contribution in [0.5, 0.6) is 0 Å². The van der Waals surface area contributed by atoms with Gasteiger partial charge in [0.05, 0.1) is 40.5 Å². The maximum absolute atomic E-state index is 14.2. The fraction of sp³-hybridized carbons (Fsp3) is 0.435. The van der Waals surface area contributed by atoms with Crippen LogP contribution in [-0.4, -0.2) is 43.7 Å². The molecule has 1 aliphatic carbocycles. The summed E-state index contributed by atoms with van der Waals surface area (Å²) in [5, 5.41) is 19.5. The van der Waals surface area contributed by atoms with Gasteiger partial charge in [-0.1, -0.05) is 19.3 Å². The van der Waals surface area contributed by atoms with Crippen molar-refractivity contribution >= 4 is 17.2 Å². The molecule has 0 aliphatic heterocycles. The van der Waals surface area contributed by atoms with Crippen LogP contribution < -0.4 is 10.6 Å². The Morgan fingerprint density at radius 1 is 1.25 bits per heavy atom. The largest absolute Gasteiger partial charge is 0.381 e. The number of nitrogens with one attached hydrogen (secondary N) is 2. The summed E-state index contributed by atoms with van der Waals surface area (Å²) in [6, 6.07) is 3.91. The van der Waals surface area contributed by atoms with E-state index in [0.717, 1.165) is 25.7 Å². The number of alkyl halides is 1. The van der Waals surface area contributed by atoms with Gasteiger partial charge in [0.1, 0.15) is 11.7 Å². The van der Waals surface area contributed by atoms with Crippen LogP contribution in [0.1, 0.15) is 61.9 Å². The zero-order valence-electron chi connectivity index (χ0n) is 18.2. The van der Waals surface area contributed by atoms with Gasteiger partial charge in [-0.05, 0) is 32.8 Å². The van der Waals surface area contributed by atoms with Gasteiger partial charge < -0.3 is 10.6 Å². The van der Waals surface area contributed by atoms with Gasteiger partial charge in [0.15, 0.2) is 5.65 Å². The summed E-state index contributed by atoms with van der Waals surface area (Å²) >= 11 is 0. The highest BCUT2D eigenvalue weighted by Crippen LogP contribution is 2.27. The molecule has 0 saturated heterocycles. The molecular weight excluding hydrogens is 409 g/mol. The molecule has 166 valence electrons. The summed E-state index contributed by atoms with van der Waals surface area (Å²) < 4.78 is 15.7. The molecule has 0 spiro atoms. The number of nitriles is 1. The topological polar surface area (TPSA) is 108 Å². The Hall–Kier alpha value is -3.54. The Morgan fingerprint density at radius 2 is 2.03 bits per heavy atom. The third kappa shape index (κ3) is 4.85. The lowest BCUT2D eigenvalue weighted by atomic mass is 9.95. The number of aromatic nitrogens is 4. The van der Waals surface area contributed by atoms with Gasteiger partial charge in [-0.3, -0.25) is 9.78 Å². The number of anilines is 1. The summed E-state index contributed by atoms with van der Waals surface area (Å²) in [6.45, 7) is 3.00. The molecule has 3 aromatic rings. The normalized spacial score (nSPS) is 14.8. The summed E-state index contributed by atoms with van der Waals surface area (Å²) in [7, 11) is 0. The number of rotatable bonds is 6. The predicted molar refractivity (Wildman–Crippen MR) is 119 cm³/mol. The van der Waals surface area contributed by atoms with Gasteiger partial charge in [0, 0.05) is 25.0 Å². The van der Waals surface area contributed by atoms with Gasteiger partial charge >= 0.3 is 0 Å². The zero-order valence-corrected chi connectivity index (χ0v) is 18.2. The Labute approximate surface area is 185 Å². The first kappa shape index (κ1) is 21.7. The molecular formula is C23H26FN7O. The van der Waals surface area contributed by atoms with Crippen molar-refractivity contribution in [1.29, 1.82) is 5.26 Å². The quantitative estimate of drug-likeness (QED) is 0.608. The van der Waals surface area contributed by atoms with Crippen molar-refractivity contribution in [3.8, 4) is 17.3 Å². The van der Waals surface area contributed by atoms with Gasteiger partial charge in [0.25, 0.3) is 5.91 Å². The first-order valence-corrected chi connectivity index (χ1v) is 10.8. The molecule has 2 N–H and O–H groups in total. The first-order chi connectivity index (χ1) is 15.3. The van der Waals surface area contributed by atoms with E-state index >= 15 is 0 Å². The number of hydrogen-bond donors (Lipinski definition) is 2. The summed E-state index contributed by atoms with van der Waals surface area (Å²) in [5.74, 6) is -0.216. The van der Waals surface area contributed by atoms with Crippen LogP contribution in [0, 0.1) is 11.3 Å². The highest BCUT2D eigenvalue weighted by molar-refractivity contribution is 6.00. The van der Waals surface area contributed by atoms with Crippen molar-refractivity contribution in [2.24, 2.45) is 0 Å². The first-order valence-electron chi connectivity index (χ1n) is 10.8. The van der Waals surface area contributed by atoms with Crippen LogP contribution in [0.4, 0.5) is 10.1 Å². The monoisotopic (exact) mass is 435 g/mol. The Bertz CT molecular complexity index is 1170. The van der Waals surface area contributed by atoms with Crippen molar-refractivity contribution in [3.05, 3.63) is 42.0 Å². The average molecular weight is 436 g/mol. The van der Waals surface area contributed by atoms with E-state index in [1.54, 1.807) is 18.5 Å². The molecule has 0 unspecified atom stereocenters. The van der Waals surface area contributed by atoms with Crippen molar-refractivity contribution in [3.63, 3.8) is 0 Å². The maximum atomic E-state index is 14.2. The van der Waals surface area contributed by atoms with Crippen LogP contribution in [-0.2, 0) is 0 Å². The fourth-order valence-corrected chi connectivity index (χ4v) is 3.86. The van der Waals surface area contributed by atoms with Crippen LogP contribution in [0.25, 0.3) is 16.9 Å². The molecule has 0 radical (unpaired) electrons. The highest BCUT2D eigenvalue weighted by Gasteiger charge is 2.22. The highest BCUT2D eigenvalue weighted by atomic mass is 19.1. The lowest BCUT2D eigenvalue weighted by Crippen LogP contribution is -2.36. The molecule has 1 amide bonds. The van der Waals surface area contributed by atoms with E-state index in [1.807, 2.05) is 6.07 Å². The van der Waals surface area contributed by atoms with E-state index in [2.05, 4.69) is 25.7 Å². The second kappa shape index (κ2) is 8.91. The molecule has 1 saturated carbocycles. The molecule has 0 aromatic carbocycles. The van der Waals surface area contributed by atoms with Crippen molar-refractivity contribution < 1.29 is 9.18 Å². The molecule has 0 bridgehead atoms. The van der Waals surface area contributed by atoms with Crippen LogP contribution >= 0.6 is 0 Å². The van der Waals surface area contributed by atoms with Gasteiger partial charge in [-0.15, -0.1) is 0 Å². The van der Waals surface area contributed by atoms with E-state index in [9.17, 15) is 9.18 Å². The number of fused-ring (bicyclic) bond motifs is 1. The molecule has 9 heteroatoms. The smallest absolute Gasteiger partial charge is 0.255 e. The van der Waals surface area contributed by atoms with Crippen molar-refractivity contribution in [2.75, 3.05) is 11.9 Å². The predicted octanol–water partition coefficient (Wildman–Crippen LogP) is 3.89. The maximum Gasteiger partial charge on any atom is 0.255 e. The van der Waals surface area contributed by atoms with Crippen molar-refractivity contribution in [2.45, 2.75) is 57.7 Å². The third-order valence-electron chi connectivity index (χ3n) is 5.55. The lowest BCUT2D eigenvalue weighted by Gasteiger charge is -2.24. The Balaban J connectivity index is 1.67. The number of nitrogens with zero attached hydrogens (tertiary/aromatic N) is 5.